The maximum absolute atomic E-state index is 12.2. The van der Waals surface area contributed by atoms with Gasteiger partial charge in [0.1, 0.15) is 5.75 Å². The highest BCUT2D eigenvalue weighted by Gasteiger charge is 2.42. The molecule has 1 aliphatic heterocycles. The van der Waals surface area contributed by atoms with Crippen LogP contribution >= 0.6 is 22.9 Å². The smallest absolute Gasteiger partial charge is 0.254 e. The maximum Gasteiger partial charge on any atom is 0.254 e. The highest BCUT2D eigenvalue weighted by molar-refractivity contribution is 7.16. The molecule has 8 heteroatoms. The second-order valence-electron chi connectivity index (χ2n) is 5.74. The number of aliphatic imine (C=N–C) groups is 1. The molecular weight excluding hydrogens is 374 g/mol. The van der Waals surface area contributed by atoms with Crippen LogP contribution in [0.1, 0.15) is 20.8 Å². The normalized spacial score (nSPS) is 18.3. The van der Waals surface area contributed by atoms with Gasteiger partial charge < -0.3 is 16.2 Å². The van der Waals surface area contributed by atoms with Gasteiger partial charge in [-0.1, -0.05) is 11.6 Å². The van der Waals surface area contributed by atoms with Crippen LogP contribution in [0.2, 0.25) is 5.02 Å². The molecule has 134 valence electrons. The summed E-state index contributed by atoms with van der Waals surface area (Å²) in [6.07, 6.45) is 4.67. The first-order chi connectivity index (χ1) is 12.3. The third-order valence-electron chi connectivity index (χ3n) is 4.23. The molecule has 1 unspecified atom stereocenters. The molecule has 2 aromatic rings. The van der Waals surface area contributed by atoms with Gasteiger partial charge in [-0.25, -0.2) is 0 Å². The molecule has 1 aromatic carbocycles. The predicted octanol–water partition coefficient (Wildman–Crippen LogP) is 2.81. The van der Waals surface area contributed by atoms with Gasteiger partial charge in [-0.05, 0) is 48.4 Å². The average molecular weight is 390 g/mol. The van der Waals surface area contributed by atoms with Crippen molar-refractivity contribution in [2.75, 3.05) is 7.11 Å². The van der Waals surface area contributed by atoms with E-state index in [-0.39, 0.29) is 5.56 Å². The second kappa shape index (κ2) is 6.59. The number of hydrogen-bond donors (Lipinski definition) is 2. The Hall–Kier alpha value is -2.64. The molecule has 0 aliphatic carbocycles. The van der Waals surface area contributed by atoms with Crippen LogP contribution in [0.15, 0.2) is 35.3 Å². The number of nitrogens with zero attached hydrogens (tertiary/aromatic N) is 1. The number of halogens is 1. The summed E-state index contributed by atoms with van der Waals surface area (Å²) in [5.74, 6) is -0.779. The number of hydrogen-bond acceptors (Lipinski definition) is 5. The first-order valence-electron chi connectivity index (χ1n) is 7.62. The van der Waals surface area contributed by atoms with E-state index in [1.807, 2.05) is 6.07 Å². The largest absolute Gasteiger partial charge is 0.495 e. The first kappa shape index (κ1) is 18.2. The Kier molecular flexibility index (Phi) is 4.60. The molecule has 2 amide bonds. The summed E-state index contributed by atoms with van der Waals surface area (Å²) in [5, 5.41) is 0.434. The van der Waals surface area contributed by atoms with Crippen molar-refractivity contribution < 1.29 is 14.3 Å². The van der Waals surface area contributed by atoms with Crippen LogP contribution in [0.5, 0.6) is 5.75 Å². The maximum atomic E-state index is 12.2. The molecule has 3 rings (SSSR count). The highest BCUT2D eigenvalue weighted by Crippen LogP contribution is 2.45. The van der Waals surface area contributed by atoms with Crippen molar-refractivity contribution in [3.05, 3.63) is 51.4 Å². The lowest BCUT2D eigenvalue weighted by molar-refractivity contribution is -0.121. The van der Waals surface area contributed by atoms with Crippen molar-refractivity contribution in [1.82, 2.24) is 0 Å². The highest BCUT2D eigenvalue weighted by atomic mass is 35.5. The van der Waals surface area contributed by atoms with Gasteiger partial charge in [0.2, 0.25) is 5.91 Å². The van der Waals surface area contributed by atoms with E-state index in [1.54, 1.807) is 31.2 Å². The summed E-state index contributed by atoms with van der Waals surface area (Å²) in [6.45, 7) is 1.77. The SMILES string of the molecule is COc1ccc(-c2sc(C3(C(N)=O)C=CC=N3)c(C(N)=O)c2C)cc1Cl. The molecule has 6 nitrogen and oxygen atoms in total. The van der Waals surface area contributed by atoms with Gasteiger partial charge in [0, 0.05) is 11.1 Å². The van der Waals surface area contributed by atoms with Gasteiger partial charge in [0.25, 0.3) is 5.91 Å². The van der Waals surface area contributed by atoms with Crippen LogP contribution in [-0.4, -0.2) is 25.1 Å². The molecule has 0 saturated heterocycles. The summed E-state index contributed by atoms with van der Waals surface area (Å²) in [6, 6.07) is 5.29. The molecule has 4 N–H and O–H groups in total. The van der Waals surface area contributed by atoms with E-state index in [0.29, 0.717) is 21.2 Å². The lowest BCUT2D eigenvalue weighted by atomic mass is 9.92. The third kappa shape index (κ3) is 2.69. The monoisotopic (exact) mass is 389 g/mol. The molecule has 0 bridgehead atoms. The number of ether oxygens (including phenoxy) is 1. The van der Waals surface area contributed by atoms with E-state index in [9.17, 15) is 9.59 Å². The summed E-state index contributed by atoms with van der Waals surface area (Å²) in [4.78, 5) is 29.7. The van der Waals surface area contributed by atoms with Crippen molar-refractivity contribution in [2.24, 2.45) is 16.5 Å². The fraction of sp³-hybridized carbons (Fsp3) is 0.167. The Labute approximate surface area is 159 Å². The number of carbonyl (C=O) groups is 2. The van der Waals surface area contributed by atoms with Crippen LogP contribution in [0.4, 0.5) is 0 Å². The molecule has 26 heavy (non-hydrogen) atoms. The van der Waals surface area contributed by atoms with Gasteiger partial charge in [-0.2, -0.15) is 0 Å². The summed E-state index contributed by atoms with van der Waals surface area (Å²) < 4.78 is 5.17. The number of amides is 2. The number of thiophene rings is 1. The van der Waals surface area contributed by atoms with Crippen LogP contribution in [0.3, 0.4) is 0 Å². The Morgan fingerprint density at radius 3 is 2.54 bits per heavy atom. The molecule has 0 saturated carbocycles. The Morgan fingerprint density at radius 2 is 2.04 bits per heavy atom. The molecule has 1 aliphatic rings. The lowest BCUT2D eigenvalue weighted by Crippen LogP contribution is -2.37. The van der Waals surface area contributed by atoms with Crippen LogP contribution < -0.4 is 16.2 Å². The third-order valence-corrected chi connectivity index (χ3v) is 5.99. The van der Waals surface area contributed by atoms with E-state index >= 15 is 0 Å². The number of primary amides is 2. The molecule has 1 aromatic heterocycles. The minimum atomic E-state index is -1.42. The fourth-order valence-electron chi connectivity index (χ4n) is 2.94. The van der Waals surface area contributed by atoms with Crippen LogP contribution in [0, 0.1) is 6.92 Å². The van der Waals surface area contributed by atoms with Gasteiger partial charge in [0.15, 0.2) is 5.54 Å². The lowest BCUT2D eigenvalue weighted by Gasteiger charge is -2.20. The predicted molar refractivity (Wildman–Crippen MR) is 103 cm³/mol. The van der Waals surface area contributed by atoms with Crippen LogP contribution in [-0.2, 0) is 10.3 Å². The number of carbonyl (C=O) groups excluding carboxylic acids is 2. The minimum absolute atomic E-state index is 0.249. The van der Waals surface area contributed by atoms with Gasteiger partial charge >= 0.3 is 0 Å². The number of rotatable bonds is 5. The van der Waals surface area contributed by atoms with Gasteiger partial charge in [-0.3, -0.25) is 14.6 Å². The van der Waals surface area contributed by atoms with E-state index in [2.05, 4.69) is 4.99 Å². The summed E-state index contributed by atoms with van der Waals surface area (Å²) in [7, 11) is 1.53. The van der Waals surface area contributed by atoms with Crippen molar-refractivity contribution in [2.45, 2.75) is 12.5 Å². The average Bonchev–Trinajstić information content (AvgIpc) is 3.20. The number of allylic oxidation sites excluding steroid dienone is 1. The van der Waals surface area contributed by atoms with Crippen molar-refractivity contribution >= 4 is 41.0 Å². The van der Waals surface area contributed by atoms with Gasteiger partial charge in [0.05, 0.1) is 22.6 Å². The number of methoxy groups -OCH3 is 1. The number of benzene rings is 1. The first-order valence-corrected chi connectivity index (χ1v) is 8.81. The van der Waals surface area contributed by atoms with E-state index < -0.39 is 17.4 Å². The summed E-state index contributed by atoms with van der Waals surface area (Å²) in [5.41, 5.74) is 11.5. The standard InChI is InChI=1S/C18H16ClN3O3S/c1-9-13(16(20)23)15(18(17(21)24)6-3-7-22-18)26-14(9)10-4-5-12(25-2)11(19)8-10/h3-8H,1-2H3,(H2,20,23)(H2,21,24). The molecular formula is C18H16ClN3O3S. The van der Waals surface area contributed by atoms with E-state index in [0.717, 1.165) is 10.4 Å². The summed E-state index contributed by atoms with van der Waals surface area (Å²) >= 11 is 7.47. The quantitative estimate of drug-likeness (QED) is 0.820. The topological polar surface area (TPSA) is 108 Å². The molecule has 0 fully saturated rings. The van der Waals surface area contributed by atoms with E-state index in [4.69, 9.17) is 27.8 Å². The van der Waals surface area contributed by atoms with E-state index in [1.165, 1.54) is 24.7 Å². The minimum Gasteiger partial charge on any atom is -0.495 e. The fourth-order valence-corrected chi connectivity index (χ4v) is 4.63. The molecule has 2 heterocycles. The molecule has 0 radical (unpaired) electrons. The zero-order valence-corrected chi connectivity index (χ0v) is 15.6. The Balaban J connectivity index is 2.26. The zero-order chi connectivity index (χ0) is 19.1. The van der Waals surface area contributed by atoms with Crippen molar-refractivity contribution in [3.8, 4) is 16.2 Å². The molecule has 0 spiro atoms. The Morgan fingerprint density at radius 1 is 1.31 bits per heavy atom. The zero-order valence-electron chi connectivity index (χ0n) is 14.1. The Bertz CT molecular complexity index is 966. The van der Waals surface area contributed by atoms with Crippen LogP contribution in [0.25, 0.3) is 10.4 Å². The van der Waals surface area contributed by atoms with Crippen molar-refractivity contribution in [1.29, 1.82) is 0 Å². The van der Waals surface area contributed by atoms with Gasteiger partial charge in [-0.15, -0.1) is 11.3 Å². The van der Waals surface area contributed by atoms with Crippen molar-refractivity contribution in [3.63, 3.8) is 0 Å². The second-order valence-corrected chi connectivity index (χ2v) is 7.17. The number of nitrogens with two attached hydrogens (primary N) is 2. The molecule has 1 atom stereocenters.